The molecule has 0 spiro atoms. The monoisotopic (exact) mass is 246 g/mol. The van der Waals surface area contributed by atoms with Gasteiger partial charge in [0, 0.05) is 26.7 Å². The van der Waals surface area contributed by atoms with E-state index in [0.717, 1.165) is 17.2 Å². The highest BCUT2D eigenvalue weighted by Crippen LogP contribution is 2.15. The molecule has 1 aromatic heterocycles. The molecule has 0 amide bonds. The molecule has 2 rings (SSSR count). The van der Waals surface area contributed by atoms with E-state index in [9.17, 15) is 4.39 Å². The van der Waals surface area contributed by atoms with Crippen molar-refractivity contribution in [1.29, 1.82) is 0 Å². The predicted octanol–water partition coefficient (Wildman–Crippen LogP) is 2.29. The summed E-state index contributed by atoms with van der Waals surface area (Å²) in [5.41, 5.74) is 0.905. The second-order valence-corrected chi connectivity index (χ2v) is 4.00. The zero-order valence-corrected chi connectivity index (χ0v) is 10.4. The summed E-state index contributed by atoms with van der Waals surface area (Å²) in [6, 6.07) is 8.40. The first-order valence-corrected chi connectivity index (χ1v) is 5.64. The molecule has 0 saturated carbocycles. The van der Waals surface area contributed by atoms with E-state index in [0.29, 0.717) is 6.54 Å². The van der Waals surface area contributed by atoms with Crippen LogP contribution in [0.2, 0.25) is 0 Å². The summed E-state index contributed by atoms with van der Waals surface area (Å²) >= 11 is 0. The van der Waals surface area contributed by atoms with Crippen LogP contribution in [0, 0.1) is 5.82 Å². The van der Waals surface area contributed by atoms with E-state index in [-0.39, 0.29) is 5.82 Å². The second-order valence-electron chi connectivity index (χ2n) is 4.00. The molecule has 0 radical (unpaired) electrons. The van der Waals surface area contributed by atoms with Crippen LogP contribution in [0.4, 0.5) is 16.0 Å². The SMILES string of the molecule is CNc1cc(N(C)Cc2cccc(F)c2)ncn1. The summed E-state index contributed by atoms with van der Waals surface area (Å²) in [6.07, 6.45) is 1.50. The summed E-state index contributed by atoms with van der Waals surface area (Å²) in [6.45, 7) is 0.595. The Balaban J connectivity index is 2.13. The number of rotatable bonds is 4. The molecule has 2 aromatic rings. The van der Waals surface area contributed by atoms with Crippen molar-refractivity contribution in [2.45, 2.75) is 6.54 Å². The minimum absolute atomic E-state index is 0.223. The van der Waals surface area contributed by atoms with E-state index < -0.39 is 0 Å². The lowest BCUT2D eigenvalue weighted by molar-refractivity contribution is 0.625. The molecule has 0 fully saturated rings. The normalized spacial score (nSPS) is 10.2. The molecule has 1 heterocycles. The van der Waals surface area contributed by atoms with Gasteiger partial charge in [-0.25, -0.2) is 14.4 Å². The maximum atomic E-state index is 13.1. The Morgan fingerprint density at radius 2 is 2.11 bits per heavy atom. The van der Waals surface area contributed by atoms with Gasteiger partial charge in [0.25, 0.3) is 0 Å². The van der Waals surface area contributed by atoms with E-state index in [1.165, 1.54) is 18.5 Å². The fourth-order valence-electron chi connectivity index (χ4n) is 1.68. The van der Waals surface area contributed by atoms with Crippen molar-refractivity contribution in [3.05, 3.63) is 48.0 Å². The Kier molecular flexibility index (Phi) is 3.72. The predicted molar refractivity (Wildman–Crippen MR) is 70.1 cm³/mol. The maximum absolute atomic E-state index is 13.1. The van der Waals surface area contributed by atoms with Crippen LogP contribution >= 0.6 is 0 Å². The number of hydrogen-bond donors (Lipinski definition) is 1. The minimum Gasteiger partial charge on any atom is -0.373 e. The van der Waals surface area contributed by atoms with Crippen molar-refractivity contribution >= 4 is 11.6 Å². The van der Waals surface area contributed by atoms with Gasteiger partial charge < -0.3 is 10.2 Å². The van der Waals surface area contributed by atoms with E-state index >= 15 is 0 Å². The molecule has 4 nitrogen and oxygen atoms in total. The number of hydrogen-bond acceptors (Lipinski definition) is 4. The van der Waals surface area contributed by atoms with Gasteiger partial charge in [0.2, 0.25) is 0 Å². The summed E-state index contributed by atoms with van der Waals surface area (Å²) in [4.78, 5) is 10.2. The highest BCUT2D eigenvalue weighted by Gasteiger charge is 2.05. The molecule has 0 atom stereocenters. The van der Waals surface area contributed by atoms with E-state index in [2.05, 4.69) is 15.3 Å². The topological polar surface area (TPSA) is 41.0 Å². The zero-order chi connectivity index (χ0) is 13.0. The highest BCUT2D eigenvalue weighted by atomic mass is 19.1. The summed E-state index contributed by atoms with van der Waals surface area (Å²) in [5.74, 6) is 1.32. The van der Waals surface area contributed by atoms with Crippen LogP contribution in [0.15, 0.2) is 36.7 Å². The first-order valence-electron chi connectivity index (χ1n) is 5.64. The minimum atomic E-state index is -0.223. The molecule has 0 bridgehead atoms. The molecule has 0 aliphatic rings. The van der Waals surface area contributed by atoms with Gasteiger partial charge in [-0.2, -0.15) is 0 Å². The van der Waals surface area contributed by atoms with Gasteiger partial charge >= 0.3 is 0 Å². The third kappa shape index (κ3) is 2.94. The third-order valence-electron chi connectivity index (χ3n) is 2.61. The van der Waals surface area contributed by atoms with Crippen molar-refractivity contribution in [1.82, 2.24) is 9.97 Å². The van der Waals surface area contributed by atoms with Crippen LogP contribution in [-0.4, -0.2) is 24.1 Å². The zero-order valence-electron chi connectivity index (χ0n) is 10.4. The maximum Gasteiger partial charge on any atom is 0.134 e. The van der Waals surface area contributed by atoms with Crippen LogP contribution in [0.3, 0.4) is 0 Å². The lowest BCUT2D eigenvalue weighted by Crippen LogP contribution is -2.18. The lowest BCUT2D eigenvalue weighted by atomic mass is 10.2. The summed E-state index contributed by atoms with van der Waals surface area (Å²) in [7, 11) is 3.71. The molecule has 0 aliphatic heterocycles. The molecular formula is C13H15FN4. The summed E-state index contributed by atoms with van der Waals surface area (Å²) < 4.78 is 13.1. The number of aromatic nitrogens is 2. The van der Waals surface area contributed by atoms with Crippen LogP contribution in [0.1, 0.15) is 5.56 Å². The van der Waals surface area contributed by atoms with Crippen molar-refractivity contribution in [2.24, 2.45) is 0 Å². The third-order valence-corrected chi connectivity index (χ3v) is 2.61. The standard InChI is InChI=1S/C13H15FN4/c1-15-12-7-13(17-9-16-12)18(2)8-10-4-3-5-11(14)6-10/h3-7,9H,8H2,1-2H3,(H,15,16,17). The fourth-order valence-corrected chi connectivity index (χ4v) is 1.68. The average molecular weight is 246 g/mol. The first-order chi connectivity index (χ1) is 8.69. The van der Waals surface area contributed by atoms with Crippen LogP contribution in [-0.2, 0) is 6.54 Å². The summed E-state index contributed by atoms with van der Waals surface area (Å²) in [5, 5.41) is 2.96. The van der Waals surface area contributed by atoms with E-state index in [1.807, 2.05) is 24.1 Å². The number of nitrogens with one attached hydrogen (secondary N) is 1. The number of nitrogens with zero attached hydrogens (tertiary/aromatic N) is 3. The molecule has 1 N–H and O–H groups in total. The van der Waals surface area contributed by atoms with Crippen molar-refractivity contribution in [2.75, 3.05) is 24.3 Å². The van der Waals surface area contributed by atoms with E-state index in [1.54, 1.807) is 13.1 Å². The van der Waals surface area contributed by atoms with Gasteiger partial charge in [0.05, 0.1) is 0 Å². The molecular weight excluding hydrogens is 231 g/mol. The highest BCUT2D eigenvalue weighted by molar-refractivity contribution is 5.47. The molecule has 0 unspecified atom stereocenters. The Morgan fingerprint density at radius 1 is 1.28 bits per heavy atom. The molecule has 0 saturated heterocycles. The second kappa shape index (κ2) is 5.44. The largest absolute Gasteiger partial charge is 0.373 e. The molecule has 18 heavy (non-hydrogen) atoms. The fraction of sp³-hybridized carbons (Fsp3) is 0.231. The Morgan fingerprint density at radius 3 is 2.83 bits per heavy atom. The van der Waals surface area contributed by atoms with Crippen molar-refractivity contribution < 1.29 is 4.39 Å². The Bertz CT molecular complexity index is 530. The number of benzene rings is 1. The van der Waals surface area contributed by atoms with E-state index in [4.69, 9.17) is 0 Å². The first kappa shape index (κ1) is 12.3. The van der Waals surface area contributed by atoms with Gasteiger partial charge in [-0.05, 0) is 17.7 Å². The molecule has 0 aliphatic carbocycles. The molecule has 1 aromatic carbocycles. The Labute approximate surface area is 105 Å². The lowest BCUT2D eigenvalue weighted by Gasteiger charge is -2.18. The smallest absolute Gasteiger partial charge is 0.134 e. The van der Waals surface area contributed by atoms with Gasteiger partial charge in [0.15, 0.2) is 0 Å². The van der Waals surface area contributed by atoms with Gasteiger partial charge in [-0.1, -0.05) is 12.1 Å². The van der Waals surface area contributed by atoms with Crippen molar-refractivity contribution in [3.63, 3.8) is 0 Å². The van der Waals surface area contributed by atoms with Gasteiger partial charge in [-0.15, -0.1) is 0 Å². The van der Waals surface area contributed by atoms with Crippen LogP contribution in [0.5, 0.6) is 0 Å². The molecule has 94 valence electrons. The van der Waals surface area contributed by atoms with Crippen LogP contribution in [0.25, 0.3) is 0 Å². The quantitative estimate of drug-likeness (QED) is 0.898. The Hall–Kier alpha value is -2.17. The van der Waals surface area contributed by atoms with Crippen LogP contribution < -0.4 is 10.2 Å². The van der Waals surface area contributed by atoms with Crippen molar-refractivity contribution in [3.8, 4) is 0 Å². The number of anilines is 2. The number of halogens is 1. The van der Waals surface area contributed by atoms with Gasteiger partial charge in [-0.3, -0.25) is 0 Å². The molecule has 5 heteroatoms. The van der Waals surface area contributed by atoms with Gasteiger partial charge in [0.1, 0.15) is 23.8 Å². The average Bonchev–Trinajstić information content (AvgIpc) is 2.39.